The van der Waals surface area contributed by atoms with Gasteiger partial charge in [-0.3, -0.25) is 0 Å². The van der Waals surface area contributed by atoms with E-state index in [0.717, 1.165) is 17.1 Å². The van der Waals surface area contributed by atoms with Crippen molar-refractivity contribution in [2.75, 3.05) is 0 Å². The molecule has 0 saturated heterocycles. The Balaban J connectivity index is 0.000000199. The summed E-state index contributed by atoms with van der Waals surface area (Å²) in [5, 5.41) is 0.778. The Morgan fingerprint density at radius 3 is 2.17 bits per heavy atom. The third kappa shape index (κ3) is 4.73. The van der Waals surface area contributed by atoms with E-state index < -0.39 is 10.1 Å². The Kier molecular flexibility index (Phi) is 6.61. The molecule has 0 N–H and O–H groups in total. The van der Waals surface area contributed by atoms with Crippen molar-refractivity contribution in [1.82, 2.24) is 4.57 Å². The van der Waals surface area contributed by atoms with Crippen molar-refractivity contribution in [3.05, 3.63) is 89.2 Å². The van der Waals surface area contributed by atoms with Crippen LogP contribution in [-0.2, 0) is 16.7 Å². The van der Waals surface area contributed by atoms with E-state index in [9.17, 15) is 13.0 Å². The summed E-state index contributed by atoms with van der Waals surface area (Å²) in [4.78, 5) is -0.178. The molecule has 0 radical (unpaired) electrons. The van der Waals surface area contributed by atoms with Gasteiger partial charge in [0.2, 0.25) is 0 Å². The van der Waals surface area contributed by atoms with Gasteiger partial charge in [-0.15, -0.1) is 0 Å². The molecule has 5 nitrogen and oxygen atoms in total. The topological polar surface area (TPSA) is 66.0 Å². The monoisotopic (exact) mass is 442 g/mol. The molecule has 1 heterocycles. The summed E-state index contributed by atoms with van der Waals surface area (Å²) in [5.41, 5.74) is 4.48. The smallest absolute Gasteiger partial charge is 0.259 e. The molecule has 0 saturated carbocycles. The van der Waals surface area contributed by atoms with E-state index in [1.807, 2.05) is 25.1 Å². The SMILES string of the molecule is CC[n+]1c(C)n(-c2ccccc2)c2ccc(Cl)cc21.Cc1ccc(S(=O)(=O)[O-])cc1. The van der Waals surface area contributed by atoms with Crippen LogP contribution in [-0.4, -0.2) is 17.5 Å². The molecule has 0 bridgehead atoms. The van der Waals surface area contributed by atoms with Crippen molar-refractivity contribution >= 4 is 32.8 Å². The lowest BCUT2D eigenvalue weighted by molar-refractivity contribution is -0.674. The molecule has 0 aliphatic carbocycles. The summed E-state index contributed by atoms with van der Waals surface area (Å²) < 4.78 is 35.7. The highest BCUT2D eigenvalue weighted by molar-refractivity contribution is 7.85. The first-order chi connectivity index (χ1) is 14.2. The normalized spacial score (nSPS) is 11.2. The van der Waals surface area contributed by atoms with Crippen molar-refractivity contribution in [2.24, 2.45) is 0 Å². The minimum atomic E-state index is -4.27. The zero-order valence-corrected chi connectivity index (χ0v) is 18.6. The van der Waals surface area contributed by atoms with Crippen molar-refractivity contribution in [1.29, 1.82) is 0 Å². The first kappa shape index (κ1) is 22.0. The van der Waals surface area contributed by atoms with Crippen LogP contribution in [0.3, 0.4) is 0 Å². The molecule has 0 atom stereocenters. The van der Waals surface area contributed by atoms with E-state index in [2.05, 4.69) is 53.3 Å². The van der Waals surface area contributed by atoms with Gasteiger partial charge < -0.3 is 4.55 Å². The maximum absolute atomic E-state index is 10.4. The number of imidazole rings is 1. The molecule has 3 aromatic carbocycles. The standard InChI is InChI=1S/C16H16ClN2.C7H8O3S/c1-3-18-12(2)19(14-7-5-4-6-8-14)15-10-9-13(17)11-16(15)18;1-6-2-4-7(5-3-6)11(8,9)10/h4-11H,3H2,1-2H3;2-5H,1H3,(H,8,9,10)/q+1;/p-1. The molecule has 0 aliphatic rings. The molecule has 7 heteroatoms. The zero-order valence-electron chi connectivity index (χ0n) is 17.0. The average Bonchev–Trinajstić information content (AvgIpc) is 2.99. The minimum absolute atomic E-state index is 0.178. The number of nitrogens with zero attached hydrogens (tertiary/aromatic N) is 2. The number of aromatic nitrogens is 2. The van der Waals surface area contributed by atoms with E-state index in [-0.39, 0.29) is 4.90 Å². The molecule has 0 aliphatic heterocycles. The number of halogens is 1. The van der Waals surface area contributed by atoms with Crippen LogP contribution >= 0.6 is 11.6 Å². The Morgan fingerprint density at radius 2 is 1.60 bits per heavy atom. The lowest BCUT2D eigenvalue weighted by Gasteiger charge is -2.05. The van der Waals surface area contributed by atoms with Crippen LogP contribution in [0.25, 0.3) is 16.7 Å². The fourth-order valence-corrected chi connectivity index (χ4v) is 4.01. The summed E-state index contributed by atoms with van der Waals surface area (Å²) in [6.45, 7) is 7.05. The third-order valence-electron chi connectivity index (χ3n) is 4.82. The van der Waals surface area contributed by atoms with Crippen LogP contribution in [0.15, 0.2) is 77.7 Å². The highest BCUT2D eigenvalue weighted by Crippen LogP contribution is 2.22. The number of benzene rings is 3. The molecule has 1 aromatic heterocycles. The van der Waals surface area contributed by atoms with Crippen LogP contribution in [0, 0.1) is 13.8 Å². The van der Waals surface area contributed by atoms with E-state index in [1.165, 1.54) is 34.7 Å². The van der Waals surface area contributed by atoms with E-state index in [1.54, 1.807) is 12.1 Å². The van der Waals surface area contributed by atoms with E-state index in [4.69, 9.17) is 11.6 Å². The molecular weight excluding hydrogens is 420 g/mol. The van der Waals surface area contributed by atoms with Gasteiger partial charge in [-0.05, 0) is 50.2 Å². The molecule has 0 spiro atoms. The Hall–Kier alpha value is -2.67. The van der Waals surface area contributed by atoms with Crippen LogP contribution in [0.1, 0.15) is 18.3 Å². The average molecular weight is 443 g/mol. The van der Waals surface area contributed by atoms with Crippen LogP contribution in [0.4, 0.5) is 0 Å². The minimum Gasteiger partial charge on any atom is -0.744 e. The van der Waals surface area contributed by atoms with Gasteiger partial charge in [0, 0.05) is 18.0 Å². The Morgan fingerprint density at radius 1 is 0.967 bits per heavy atom. The number of para-hydroxylation sites is 1. The lowest BCUT2D eigenvalue weighted by atomic mass is 10.2. The fraction of sp³-hybridized carbons (Fsp3) is 0.174. The Labute approximate surface area is 181 Å². The summed E-state index contributed by atoms with van der Waals surface area (Å²) in [6, 6.07) is 22.3. The molecule has 0 fully saturated rings. The molecule has 4 aromatic rings. The predicted molar refractivity (Wildman–Crippen MR) is 118 cm³/mol. The maximum Gasteiger partial charge on any atom is 0.259 e. The summed E-state index contributed by atoms with van der Waals surface area (Å²) in [5.74, 6) is 1.21. The van der Waals surface area contributed by atoms with Gasteiger partial charge in [0.05, 0.1) is 11.4 Å². The first-order valence-corrected chi connectivity index (χ1v) is 11.3. The predicted octanol–water partition coefficient (Wildman–Crippen LogP) is 4.80. The quantitative estimate of drug-likeness (QED) is 0.338. The van der Waals surface area contributed by atoms with Gasteiger partial charge in [-0.2, -0.15) is 4.57 Å². The Bertz CT molecular complexity index is 1270. The van der Waals surface area contributed by atoms with Crippen molar-refractivity contribution in [3.63, 3.8) is 0 Å². The van der Waals surface area contributed by atoms with Gasteiger partial charge in [-0.25, -0.2) is 13.0 Å². The van der Waals surface area contributed by atoms with Gasteiger partial charge in [0.15, 0.2) is 11.0 Å². The van der Waals surface area contributed by atoms with Gasteiger partial charge in [0.1, 0.15) is 15.8 Å². The van der Waals surface area contributed by atoms with Gasteiger partial charge in [-0.1, -0.05) is 47.5 Å². The van der Waals surface area contributed by atoms with Crippen molar-refractivity contribution in [3.8, 4) is 5.69 Å². The zero-order chi connectivity index (χ0) is 21.9. The number of fused-ring (bicyclic) bond motifs is 1. The van der Waals surface area contributed by atoms with Crippen LogP contribution < -0.4 is 4.57 Å². The molecule has 0 amide bonds. The van der Waals surface area contributed by atoms with E-state index in [0.29, 0.717) is 0 Å². The number of aryl methyl sites for hydroxylation is 2. The highest BCUT2D eigenvalue weighted by Gasteiger charge is 2.21. The molecule has 0 unspecified atom stereocenters. The largest absolute Gasteiger partial charge is 0.744 e. The number of hydrogen-bond acceptors (Lipinski definition) is 3. The summed E-state index contributed by atoms with van der Waals surface area (Å²) in [6.07, 6.45) is 0. The van der Waals surface area contributed by atoms with Gasteiger partial charge in [0.25, 0.3) is 5.82 Å². The van der Waals surface area contributed by atoms with Crippen LogP contribution in [0.2, 0.25) is 5.02 Å². The van der Waals surface area contributed by atoms with E-state index >= 15 is 0 Å². The van der Waals surface area contributed by atoms with Crippen molar-refractivity contribution < 1.29 is 17.5 Å². The second-order valence-electron chi connectivity index (χ2n) is 6.86. The molecule has 30 heavy (non-hydrogen) atoms. The second-order valence-corrected chi connectivity index (χ2v) is 8.68. The maximum atomic E-state index is 10.4. The summed E-state index contributed by atoms with van der Waals surface area (Å²) in [7, 11) is -4.27. The number of hydrogen-bond donors (Lipinski definition) is 0. The lowest BCUT2D eigenvalue weighted by Crippen LogP contribution is -2.34. The molecular formula is C23H23ClN2O3S. The van der Waals surface area contributed by atoms with Gasteiger partial charge >= 0.3 is 0 Å². The fourth-order valence-electron chi connectivity index (χ4n) is 3.38. The highest BCUT2D eigenvalue weighted by atomic mass is 35.5. The van der Waals surface area contributed by atoms with Crippen molar-refractivity contribution in [2.45, 2.75) is 32.2 Å². The molecule has 4 rings (SSSR count). The summed E-state index contributed by atoms with van der Waals surface area (Å²) >= 11 is 6.13. The molecule has 156 valence electrons. The third-order valence-corrected chi connectivity index (χ3v) is 5.91. The van der Waals surface area contributed by atoms with Crippen LogP contribution in [0.5, 0.6) is 0 Å². The second kappa shape index (κ2) is 9.00. The number of rotatable bonds is 3. The first-order valence-electron chi connectivity index (χ1n) is 9.50.